The number of hydrogen-bond acceptors (Lipinski definition) is 6. The number of anilines is 2. The van der Waals surface area contributed by atoms with E-state index in [2.05, 4.69) is 20.3 Å². The van der Waals surface area contributed by atoms with Crippen molar-refractivity contribution in [2.45, 2.75) is 19.8 Å². The number of aromatic amines is 1. The van der Waals surface area contributed by atoms with Gasteiger partial charge in [-0.15, -0.1) is 11.3 Å². The lowest BCUT2D eigenvalue weighted by Crippen LogP contribution is -2.16. The first-order chi connectivity index (χ1) is 10.1. The van der Waals surface area contributed by atoms with Gasteiger partial charge in [0.2, 0.25) is 0 Å². The van der Waals surface area contributed by atoms with Gasteiger partial charge < -0.3 is 15.8 Å². The number of methoxy groups -OCH3 is 1. The normalized spacial score (nSPS) is 10.4. The maximum atomic E-state index is 12.2. The highest BCUT2D eigenvalue weighted by Crippen LogP contribution is 2.24. The van der Waals surface area contributed by atoms with Crippen LogP contribution >= 0.6 is 11.3 Å². The van der Waals surface area contributed by atoms with Crippen molar-refractivity contribution in [1.29, 1.82) is 0 Å². The van der Waals surface area contributed by atoms with Gasteiger partial charge in [0.15, 0.2) is 5.69 Å². The highest BCUT2D eigenvalue weighted by Gasteiger charge is 2.20. The van der Waals surface area contributed by atoms with Crippen molar-refractivity contribution >= 4 is 34.6 Å². The number of esters is 1. The first kappa shape index (κ1) is 15.0. The summed E-state index contributed by atoms with van der Waals surface area (Å²) >= 11 is 1.19. The fourth-order valence-electron chi connectivity index (χ4n) is 1.84. The van der Waals surface area contributed by atoms with Crippen molar-refractivity contribution in [1.82, 2.24) is 10.2 Å². The van der Waals surface area contributed by atoms with Gasteiger partial charge in [0.1, 0.15) is 4.88 Å². The van der Waals surface area contributed by atoms with Crippen LogP contribution in [0.15, 0.2) is 11.4 Å². The van der Waals surface area contributed by atoms with Crippen LogP contribution in [-0.2, 0) is 11.2 Å². The summed E-state index contributed by atoms with van der Waals surface area (Å²) in [6.07, 6.45) is 1.61. The Morgan fingerprint density at radius 2 is 2.29 bits per heavy atom. The average Bonchev–Trinajstić information content (AvgIpc) is 3.06. The molecule has 0 bridgehead atoms. The third kappa shape index (κ3) is 3.05. The second-order valence-electron chi connectivity index (χ2n) is 4.32. The molecular formula is C13H16N4O3S. The molecule has 0 radical (unpaired) electrons. The van der Waals surface area contributed by atoms with Gasteiger partial charge in [0.25, 0.3) is 5.91 Å². The van der Waals surface area contributed by atoms with Crippen LogP contribution in [0.4, 0.5) is 11.4 Å². The number of aryl methyl sites for hydroxylation is 1. The van der Waals surface area contributed by atoms with E-state index in [4.69, 9.17) is 5.73 Å². The fraction of sp³-hybridized carbons (Fsp3) is 0.308. The van der Waals surface area contributed by atoms with Crippen molar-refractivity contribution in [3.63, 3.8) is 0 Å². The Labute approximate surface area is 125 Å². The van der Waals surface area contributed by atoms with E-state index in [-0.39, 0.29) is 5.69 Å². The van der Waals surface area contributed by atoms with Gasteiger partial charge in [0.05, 0.1) is 24.2 Å². The van der Waals surface area contributed by atoms with E-state index in [1.165, 1.54) is 18.4 Å². The summed E-state index contributed by atoms with van der Waals surface area (Å²) in [6, 6.07) is 1.63. The number of nitrogens with zero attached hydrogens (tertiary/aromatic N) is 1. The number of hydrogen-bond donors (Lipinski definition) is 3. The lowest BCUT2D eigenvalue weighted by molar-refractivity contribution is 0.0607. The zero-order valence-corrected chi connectivity index (χ0v) is 12.5. The van der Waals surface area contributed by atoms with Crippen LogP contribution < -0.4 is 11.1 Å². The van der Waals surface area contributed by atoms with E-state index in [1.807, 2.05) is 6.92 Å². The molecule has 0 unspecified atom stereocenters. The molecule has 8 heteroatoms. The first-order valence-corrected chi connectivity index (χ1v) is 7.26. The molecule has 2 heterocycles. The SMILES string of the molecule is CCCc1[nH]nc(C(=O)Nc2ccsc2C(=O)OC)c1N. The molecule has 0 atom stereocenters. The zero-order chi connectivity index (χ0) is 15.4. The third-order valence-electron chi connectivity index (χ3n) is 2.88. The van der Waals surface area contributed by atoms with E-state index in [9.17, 15) is 9.59 Å². The molecule has 112 valence electrons. The van der Waals surface area contributed by atoms with Crippen LogP contribution in [0.5, 0.6) is 0 Å². The minimum atomic E-state index is -0.498. The predicted molar refractivity (Wildman–Crippen MR) is 80.6 cm³/mol. The number of nitrogens with one attached hydrogen (secondary N) is 2. The molecule has 0 aliphatic heterocycles. The Kier molecular flexibility index (Phi) is 4.59. The Hall–Kier alpha value is -2.35. The number of carbonyl (C=O) groups is 2. The molecule has 0 saturated carbocycles. The second-order valence-corrected chi connectivity index (χ2v) is 5.24. The summed E-state index contributed by atoms with van der Waals surface area (Å²) in [5, 5.41) is 11.0. The quantitative estimate of drug-likeness (QED) is 0.732. The maximum Gasteiger partial charge on any atom is 0.350 e. The number of aromatic nitrogens is 2. The molecule has 7 nitrogen and oxygen atoms in total. The molecule has 1 amide bonds. The predicted octanol–water partition coefficient (Wildman–Crippen LogP) is 2.04. The topological polar surface area (TPSA) is 110 Å². The molecule has 2 aromatic heterocycles. The monoisotopic (exact) mass is 308 g/mol. The van der Waals surface area contributed by atoms with Crippen LogP contribution in [-0.4, -0.2) is 29.2 Å². The van der Waals surface area contributed by atoms with Crippen LogP contribution in [0.3, 0.4) is 0 Å². The second kappa shape index (κ2) is 6.40. The summed E-state index contributed by atoms with van der Waals surface area (Å²) in [6.45, 7) is 2.01. The molecule has 21 heavy (non-hydrogen) atoms. The van der Waals surface area contributed by atoms with Crippen molar-refractivity contribution in [3.8, 4) is 0 Å². The summed E-state index contributed by atoms with van der Waals surface area (Å²) in [5.41, 5.74) is 7.48. The molecule has 0 spiro atoms. The number of amides is 1. The van der Waals surface area contributed by atoms with E-state index in [1.54, 1.807) is 11.4 Å². The Morgan fingerprint density at radius 3 is 2.95 bits per heavy atom. The standard InChI is InChI=1S/C13H16N4O3S/c1-3-4-7-9(14)10(17-16-7)12(18)15-8-5-6-21-11(8)13(19)20-2/h5-6H,3-4,14H2,1-2H3,(H,15,18)(H,16,17). The molecule has 0 aliphatic carbocycles. The minimum absolute atomic E-state index is 0.125. The third-order valence-corrected chi connectivity index (χ3v) is 3.78. The van der Waals surface area contributed by atoms with Gasteiger partial charge in [-0.05, 0) is 17.9 Å². The summed E-state index contributed by atoms with van der Waals surface area (Å²) in [7, 11) is 1.29. The van der Waals surface area contributed by atoms with Crippen LogP contribution in [0.25, 0.3) is 0 Å². The molecule has 0 aliphatic rings. The number of H-pyrrole nitrogens is 1. The molecule has 4 N–H and O–H groups in total. The lowest BCUT2D eigenvalue weighted by atomic mass is 10.2. The fourth-order valence-corrected chi connectivity index (χ4v) is 2.61. The van der Waals surface area contributed by atoms with Crippen molar-refractivity contribution in [3.05, 3.63) is 27.7 Å². The summed E-state index contributed by atoms with van der Waals surface area (Å²) in [4.78, 5) is 24.1. The smallest absolute Gasteiger partial charge is 0.350 e. The number of rotatable bonds is 5. The maximum absolute atomic E-state index is 12.2. The van der Waals surface area contributed by atoms with Crippen molar-refractivity contribution in [2.24, 2.45) is 0 Å². The van der Waals surface area contributed by atoms with E-state index >= 15 is 0 Å². The van der Waals surface area contributed by atoms with Gasteiger partial charge in [-0.25, -0.2) is 4.79 Å². The highest BCUT2D eigenvalue weighted by molar-refractivity contribution is 7.12. The van der Waals surface area contributed by atoms with Crippen LogP contribution in [0.2, 0.25) is 0 Å². The molecule has 0 saturated heterocycles. The molecule has 2 aromatic rings. The van der Waals surface area contributed by atoms with Gasteiger partial charge in [0, 0.05) is 0 Å². The first-order valence-electron chi connectivity index (χ1n) is 6.38. The lowest BCUT2D eigenvalue weighted by Gasteiger charge is -2.04. The highest BCUT2D eigenvalue weighted by atomic mass is 32.1. The minimum Gasteiger partial charge on any atom is -0.465 e. The van der Waals surface area contributed by atoms with Gasteiger partial charge in [-0.1, -0.05) is 13.3 Å². The number of nitrogens with two attached hydrogens (primary N) is 1. The number of thiophene rings is 1. The van der Waals surface area contributed by atoms with E-state index < -0.39 is 11.9 Å². The Bertz CT molecular complexity index is 662. The largest absolute Gasteiger partial charge is 0.465 e. The zero-order valence-electron chi connectivity index (χ0n) is 11.7. The van der Waals surface area contributed by atoms with Crippen LogP contribution in [0, 0.1) is 0 Å². The van der Waals surface area contributed by atoms with Gasteiger partial charge in [-0.3, -0.25) is 9.89 Å². The number of nitrogen functional groups attached to an aromatic ring is 1. The molecule has 2 rings (SSSR count). The van der Waals surface area contributed by atoms with Crippen molar-refractivity contribution < 1.29 is 14.3 Å². The van der Waals surface area contributed by atoms with E-state index in [0.29, 0.717) is 16.3 Å². The van der Waals surface area contributed by atoms with Crippen molar-refractivity contribution in [2.75, 3.05) is 18.2 Å². The average molecular weight is 308 g/mol. The Morgan fingerprint density at radius 1 is 1.52 bits per heavy atom. The summed E-state index contributed by atoms with van der Waals surface area (Å²) < 4.78 is 4.66. The van der Waals surface area contributed by atoms with Gasteiger partial charge in [-0.2, -0.15) is 5.10 Å². The number of ether oxygens (including phenoxy) is 1. The van der Waals surface area contributed by atoms with Gasteiger partial charge >= 0.3 is 5.97 Å². The van der Waals surface area contributed by atoms with Crippen LogP contribution in [0.1, 0.15) is 39.2 Å². The van der Waals surface area contributed by atoms with E-state index in [0.717, 1.165) is 18.5 Å². The Balaban J connectivity index is 2.19. The number of carbonyl (C=O) groups excluding carboxylic acids is 2. The molecule has 0 fully saturated rings. The molecular weight excluding hydrogens is 292 g/mol. The molecule has 0 aromatic carbocycles. The summed E-state index contributed by atoms with van der Waals surface area (Å²) in [5.74, 6) is -0.961.